The molecule has 1 fully saturated rings. The number of carbonyl (C=O) groups excluding carboxylic acids is 1. The smallest absolute Gasteiger partial charge is 0.287 e. The number of aliphatic hydroxyl groups excluding tert-OH is 1. The van der Waals surface area contributed by atoms with Crippen molar-refractivity contribution in [2.24, 2.45) is 5.92 Å². The molecule has 0 bridgehead atoms. The van der Waals surface area contributed by atoms with Gasteiger partial charge in [0, 0.05) is 0 Å². The first-order chi connectivity index (χ1) is 8.54. The van der Waals surface area contributed by atoms with Crippen LogP contribution in [0.4, 0.5) is 0 Å². The molecule has 2 rings (SSSR count). The summed E-state index contributed by atoms with van der Waals surface area (Å²) in [7, 11) is 0. The molecule has 1 aromatic rings. The third-order valence-electron chi connectivity index (χ3n) is 3.57. The molecule has 100 valence electrons. The summed E-state index contributed by atoms with van der Waals surface area (Å²) in [6.07, 6.45) is 3.75. The van der Waals surface area contributed by atoms with Crippen LogP contribution in [0.2, 0.25) is 5.22 Å². The Kier molecular flexibility index (Phi) is 3.97. The first-order valence-electron chi connectivity index (χ1n) is 6.23. The van der Waals surface area contributed by atoms with Gasteiger partial charge in [-0.15, -0.1) is 0 Å². The Balaban J connectivity index is 2.08. The van der Waals surface area contributed by atoms with Crippen LogP contribution in [0.25, 0.3) is 0 Å². The number of amides is 1. The summed E-state index contributed by atoms with van der Waals surface area (Å²) in [6.45, 7) is 2.09. The van der Waals surface area contributed by atoms with Crippen LogP contribution in [0.15, 0.2) is 16.5 Å². The van der Waals surface area contributed by atoms with Gasteiger partial charge in [-0.1, -0.05) is 19.8 Å². The zero-order chi connectivity index (χ0) is 13.2. The van der Waals surface area contributed by atoms with Crippen molar-refractivity contribution < 1.29 is 14.3 Å². The fourth-order valence-electron chi connectivity index (χ4n) is 2.70. The summed E-state index contributed by atoms with van der Waals surface area (Å²) in [4.78, 5) is 12.0. The van der Waals surface area contributed by atoms with Crippen LogP contribution in [0.3, 0.4) is 0 Å². The second-order valence-electron chi connectivity index (χ2n) is 5.20. The molecule has 2 N–H and O–H groups in total. The lowest BCUT2D eigenvalue weighted by Crippen LogP contribution is -2.53. The summed E-state index contributed by atoms with van der Waals surface area (Å²) in [6, 6.07) is 3.07. The number of halogens is 1. The Bertz CT molecular complexity index is 432. The quantitative estimate of drug-likeness (QED) is 0.888. The van der Waals surface area contributed by atoms with Crippen molar-refractivity contribution in [2.45, 2.75) is 38.1 Å². The zero-order valence-electron chi connectivity index (χ0n) is 10.4. The number of furan rings is 1. The largest absolute Gasteiger partial charge is 0.440 e. The predicted molar refractivity (Wildman–Crippen MR) is 68.6 cm³/mol. The maximum Gasteiger partial charge on any atom is 0.287 e. The summed E-state index contributed by atoms with van der Waals surface area (Å²) in [5, 5.41) is 12.7. The average molecular weight is 272 g/mol. The molecule has 2 unspecified atom stereocenters. The first kappa shape index (κ1) is 13.4. The Morgan fingerprint density at radius 1 is 1.67 bits per heavy atom. The topological polar surface area (TPSA) is 62.5 Å². The molecule has 18 heavy (non-hydrogen) atoms. The minimum absolute atomic E-state index is 0.0441. The van der Waals surface area contributed by atoms with Crippen LogP contribution in [-0.4, -0.2) is 23.2 Å². The minimum atomic E-state index is -0.520. The van der Waals surface area contributed by atoms with Crippen LogP contribution in [0.1, 0.15) is 43.2 Å². The average Bonchev–Trinajstić information content (AvgIpc) is 2.76. The molecule has 1 heterocycles. The Labute approximate surface area is 111 Å². The van der Waals surface area contributed by atoms with Crippen molar-refractivity contribution in [3.05, 3.63) is 23.1 Å². The van der Waals surface area contributed by atoms with Crippen LogP contribution < -0.4 is 5.32 Å². The lowest BCUT2D eigenvalue weighted by atomic mass is 9.77. The molecule has 0 spiro atoms. The second kappa shape index (κ2) is 5.33. The highest BCUT2D eigenvalue weighted by atomic mass is 35.5. The maximum absolute atomic E-state index is 12.0. The summed E-state index contributed by atoms with van der Waals surface area (Å²) >= 11 is 5.64. The maximum atomic E-state index is 12.0. The highest BCUT2D eigenvalue weighted by molar-refractivity contribution is 6.29. The van der Waals surface area contributed by atoms with Gasteiger partial charge < -0.3 is 14.8 Å². The fourth-order valence-corrected chi connectivity index (χ4v) is 2.84. The van der Waals surface area contributed by atoms with E-state index in [9.17, 15) is 9.90 Å². The molecule has 0 saturated heterocycles. The molecular weight excluding hydrogens is 254 g/mol. The van der Waals surface area contributed by atoms with Gasteiger partial charge in [-0.25, -0.2) is 0 Å². The molecule has 0 aromatic carbocycles. The van der Waals surface area contributed by atoms with E-state index in [2.05, 4.69) is 12.2 Å². The standard InChI is InChI=1S/C13H18ClNO3/c1-9-3-2-6-13(7-9,8-16)15-12(17)10-4-5-11(14)18-10/h4-5,9,16H,2-3,6-8H2,1H3,(H,15,17). The van der Waals surface area contributed by atoms with E-state index < -0.39 is 5.54 Å². The molecule has 4 nitrogen and oxygen atoms in total. The van der Waals surface area contributed by atoms with Crippen molar-refractivity contribution in [3.8, 4) is 0 Å². The van der Waals surface area contributed by atoms with Gasteiger partial charge in [0.05, 0.1) is 12.1 Å². The van der Waals surface area contributed by atoms with Crippen LogP contribution >= 0.6 is 11.6 Å². The van der Waals surface area contributed by atoms with E-state index in [-0.39, 0.29) is 23.5 Å². The third kappa shape index (κ3) is 2.87. The Morgan fingerprint density at radius 2 is 2.44 bits per heavy atom. The molecule has 1 aliphatic rings. The number of hydrogen-bond acceptors (Lipinski definition) is 3. The van der Waals surface area contributed by atoms with Gasteiger partial charge >= 0.3 is 0 Å². The van der Waals surface area contributed by atoms with Gasteiger partial charge in [-0.3, -0.25) is 4.79 Å². The highest BCUT2D eigenvalue weighted by Crippen LogP contribution is 2.32. The van der Waals surface area contributed by atoms with Crippen LogP contribution in [-0.2, 0) is 0 Å². The molecular formula is C13H18ClNO3. The molecule has 1 aromatic heterocycles. The number of aliphatic hydroxyl groups is 1. The zero-order valence-corrected chi connectivity index (χ0v) is 11.2. The summed E-state index contributed by atoms with van der Waals surface area (Å²) < 4.78 is 5.07. The number of hydrogen-bond donors (Lipinski definition) is 2. The van der Waals surface area contributed by atoms with E-state index >= 15 is 0 Å². The normalized spacial score (nSPS) is 28.1. The highest BCUT2D eigenvalue weighted by Gasteiger charge is 2.36. The van der Waals surface area contributed by atoms with Gasteiger partial charge in [0.1, 0.15) is 0 Å². The first-order valence-corrected chi connectivity index (χ1v) is 6.61. The van der Waals surface area contributed by atoms with E-state index in [1.807, 2.05) is 0 Å². The van der Waals surface area contributed by atoms with Gasteiger partial charge in [0.2, 0.25) is 0 Å². The van der Waals surface area contributed by atoms with E-state index in [0.717, 1.165) is 25.7 Å². The van der Waals surface area contributed by atoms with Crippen molar-refractivity contribution >= 4 is 17.5 Å². The molecule has 5 heteroatoms. The van der Waals surface area contributed by atoms with Gasteiger partial charge in [-0.05, 0) is 42.5 Å². The fraction of sp³-hybridized carbons (Fsp3) is 0.615. The second-order valence-corrected chi connectivity index (χ2v) is 5.57. The van der Waals surface area contributed by atoms with E-state index in [1.165, 1.54) is 12.1 Å². The molecule has 0 radical (unpaired) electrons. The summed E-state index contributed by atoms with van der Waals surface area (Å²) in [5.74, 6) is 0.377. The number of carbonyl (C=O) groups is 1. The van der Waals surface area contributed by atoms with E-state index in [1.54, 1.807) is 0 Å². The predicted octanol–water partition coefficient (Wildman–Crippen LogP) is 2.60. The van der Waals surface area contributed by atoms with Gasteiger partial charge in [0.25, 0.3) is 5.91 Å². The van der Waals surface area contributed by atoms with Crippen molar-refractivity contribution in [2.75, 3.05) is 6.61 Å². The van der Waals surface area contributed by atoms with Crippen molar-refractivity contribution in [1.82, 2.24) is 5.32 Å². The summed E-state index contributed by atoms with van der Waals surface area (Å²) in [5.41, 5.74) is -0.520. The lowest BCUT2D eigenvalue weighted by molar-refractivity contribution is 0.0674. The lowest BCUT2D eigenvalue weighted by Gasteiger charge is -2.39. The SMILES string of the molecule is CC1CCCC(CO)(NC(=O)c2ccc(Cl)o2)C1. The van der Waals surface area contributed by atoms with Crippen LogP contribution in [0, 0.1) is 5.92 Å². The van der Waals surface area contributed by atoms with E-state index in [4.69, 9.17) is 16.0 Å². The molecule has 0 aliphatic heterocycles. The number of rotatable bonds is 3. The van der Waals surface area contributed by atoms with Gasteiger partial charge in [0.15, 0.2) is 11.0 Å². The molecule has 2 atom stereocenters. The third-order valence-corrected chi connectivity index (χ3v) is 3.77. The van der Waals surface area contributed by atoms with Gasteiger partial charge in [-0.2, -0.15) is 0 Å². The molecule has 1 amide bonds. The minimum Gasteiger partial charge on any atom is -0.440 e. The van der Waals surface area contributed by atoms with Crippen LogP contribution in [0.5, 0.6) is 0 Å². The molecule has 1 saturated carbocycles. The molecule has 1 aliphatic carbocycles. The number of nitrogens with one attached hydrogen (secondary N) is 1. The van der Waals surface area contributed by atoms with E-state index in [0.29, 0.717) is 5.92 Å². The van der Waals surface area contributed by atoms with Crippen molar-refractivity contribution in [1.29, 1.82) is 0 Å². The Hall–Kier alpha value is -1.00. The van der Waals surface area contributed by atoms with Crippen molar-refractivity contribution in [3.63, 3.8) is 0 Å². The Morgan fingerprint density at radius 3 is 3.00 bits per heavy atom. The monoisotopic (exact) mass is 271 g/mol.